The maximum atomic E-state index is 12.8. The van der Waals surface area contributed by atoms with Crippen molar-refractivity contribution in [3.05, 3.63) is 65.5 Å². The monoisotopic (exact) mass is 341 g/mol. The van der Waals surface area contributed by atoms with Crippen molar-refractivity contribution in [3.63, 3.8) is 0 Å². The number of urea groups is 1. The highest BCUT2D eigenvalue weighted by atomic mass is 19.1. The quantitative estimate of drug-likeness (QED) is 0.648. The van der Waals surface area contributed by atoms with E-state index in [-0.39, 0.29) is 24.2 Å². The van der Waals surface area contributed by atoms with Crippen molar-refractivity contribution in [1.29, 1.82) is 0 Å². The minimum absolute atomic E-state index is 0.225. The number of amides is 4. The second-order valence-corrected chi connectivity index (χ2v) is 5.55. The summed E-state index contributed by atoms with van der Waals surface area (Å²) in [6.07, 6.45) is 0.433. The molecule has 3 rings (SSSR count). The van der Waals surface area contributed by atoms with Crippen LogP contribution < -0.4 is 10.6 Å². The largest absolute Gasteiger partial charge is 0.338 e. The molecule has 128 valence electrons. The zero-order valence-electron chi connectivity index (χ0n) is 13.3. The maximum Gasteiger partial charge on any atom is 0.319 e. The summed E-state index contributed by atoms with van der Waals surface area (Å²) in [6.45, 7) is 0.517. The highest BCUT2D eigenvalue weighted by Crippen LogP contribution is 2.22. The van der Waals surface area contributed by atoms with E-state index in [9.17, 15) is 18.8 Å². The Hall–Kier alpha value is -3.22. The van der Waals surface area contributed by atoms with Gasteiger partial charge in [0.1, 0.15) is 5.82 Å². The summed E-state index contributed by atoms with van der Waals surface area (Å²) in [7, 11) is 0. The van der Waals surface area contributed by atoms with Crippen LogP contribution in [0.1, 0.15) is 27.1 Å². The predicted octanol–water partition coefficient (Wildman–Crippen LogP) is 2.63. The van der Waals surface area contributed by atoms with Crippen molar-refractivity contribution in [1.82, 2.24) is 10.2 Å². The number of hydrogen-bond donors (Lipinski definition) is 2. The standard InChI is InChI=1S/C18H16FN3O3/c19-12-6-8-13(9-7-12)21-18(25)20-10-3-11-22-16(23)14-4-1-2-5-15(14)17(22)24/h1-2,4-9H,3,10-11H2,(H2,20,21,25). The van der Waals surface area contributed by atoms with Gasteiger partial charge in [-0.3, -0.25) is 14.5 Å². The van der Waals surface area contributed by atoms with Crippen molar-refractivity contribution in [2.24, 2.45) is 0 Å². The molecule has 0 unspecified atom stereocenters. The molecule has 0 spiro atoms. The van der Waals surface area contributed by atoms with E-state index < -0.39 is 6.03 Å². The SMILES string of the molecule is O=C(NCCCN1C(=O)c2ccccc2C1=O)Nc1ccc(F)cc1. The Kier molecular flexibility index (Phi) is 4.74. The number of benzene rings is 2. The fourth-order valence-corrected chi connectivity index (χ4v) is 2.59. The molecule has 0 radical (unpaired) electrons. The fourth-order valence-electron chi connectivity index (χ4n) is 2.59. The van der Waals surface area contributed by atoms with E-state index in [0.717, 1.165) is 0 Å². The van der Waals surface area contributed by atoms with Gasteiger partial charge in [0.15, 0.2) is 0 Å². The molecule has 0 aromatic heterocycles. The molecular formula is C18H16FN3O3. The summed E-state index contributed by atoms with van der Waals surface area (Å²) in [5, 5.41) is 5.19. The van der Waals surface area contributed by atoms with E-state index in [1.165, 1.54) is 29.2 Å². The smallest absolute Gasteiger partial charge is 0.319 e. The Bertz CT molecular complexity index is 786. The van der Waals surface area contributed by atoms with Gasteiger partial charge < -0.3 is 10.6 Å². The zero-order valence-corrected chi connectivity index (χ0v) is 13.3. The minimum atomic E-state index is -0.436. The molecule has 25 heavy (non-hydrogen) atoms. The number of nitrogens with zero attached hydrogens (tertiary/aromatic N) is 1. The van der Waals surface area contributed by atoms with E-state index in [2.05, 4.69) is 10.6 Å². The third-order valence-electron chi connectivity index (χ3n) is 3.82. The lowest BCUT2D eigenvalue weighted by atomic mass is 10.1. The van der Waals surface area contributed by atoms with Crippen LogP contribution in [0.5, 0.6) is 0 Å². The summed E-state index contributed by atoms with van der Waals surface area (Å²) in [5.41, 5.74) is 1.29. The number of hydrogen-bond acceptors (Lipinski definition) is 3. The first-order valence-electron chi connectivity index (χ1n) is 7.82. The summed E-state index contributed by atoms with van der Waals surface area (Å²) >= 11 is 0. The molecule has 0 bridgehead atoms. The number of carbonyl (C=O) groups excluding carboxylic acids is 3. The number of anilines is 1. The molecule has 1 heterocycles. The molecule has 0 saturated carbocycles. The molecule has 4 amide bonds. The molecule has 7 heteroatoms. The maximum absolute atomic E-state index is 12.8. The van der Waals surface area contributed by atoms with Crippen LogP contribution in [-0.4, -0.2) is 35.8 Å². The van der Waals surface area contributed by atoms with Gasteiger partial charge in [-0.05, 0) is 42.8 Å². The van der Waals surface area contributed by atoms with Crippen LogP contribution in [0, 0.1) is 5.82 Å². The number of carbonyl (C=O) groups is 3. The lowest BCUT2D eigenvalue weighted by Crippen LogP contribution is -2.35. The molecule has 0 fully saturated rings. The lowest BCUT2D eigenvalue weighted by Gasteiger charge is -2.14. The van der Waals surface area contributed by atoms with Gasteiger partial charge in [0, 0.05) is 18.8 Å². The first kappa shape index (κ1) is 16.6. The lowest BCUT2D eigenvalue weighted by molar-refractivity contribution is 0.0653. The van der Waals surface area contributed by atoms with E-state index >= 15 is 0 Å². The van der Waals surface area contributed by atoms with E-state index in [1.54, 1.807) is 24.3 Å². The van der Waals surface area contributed by atoms with Gasteiger partial charge in [0.25, 0.3) is 11.8 Å². The Morgan fingerprint density at radius 2 is 1.56 bits per heavy atom. The first-order valence-corrected chi connectivity index (χ1v) is 7.82. The molecule has 0 aliphatic carbocycles. The Morgan fingerprint density at radius 1 is 0.960 bits per heavy atom. The Balaban J connectivity index is 1.45. The number of imide groups is 1. The topological polar surface area (TPSA) is 78.5 Å². The highest BCUT2D eigenvalue weighted by molar-refractivity contribution is 6.21. The number of nitrogens with one attached hydrogen (secondary N) is 2. The van der Waals surface area contributed by atoms with Crippen molar-refractivity contribution < 1.29 is 18.8 Å². The molecule has 2 aromatic rings. The average molecular weight is 341 g/mol. The van der Waals surface area contributed by atoms with Crippen LogP contribution in [0.3, 0.4) is 0 Å². The average Bonchev–Trinajstić information content (AvgIpc) is 2.86. The van der Waals surface area contributed by atoms with Crippen LogP contribution in [0.25, 0.3) is 0 Å². The molecule has 0 atom stereocenters. The summed E-state index contributed by atoms with van der Waals surface area (Å²) in [6, 6.07) is 11.7. The highest BCUT2D eigenvalue weighted by Gasteiger charge is 2.34. The fraction of sp³-hybridized carbons (Fsp3) is 0.167. The van der Waals surface area contributed by atoms with E-state index in [1.807, 2.05) is 0 Å². The first-order chi connectivity index (χ1) is 12.1. The molecule has 6 nitrogen and oxygen atoms in total. The minimum Gasteiger partial charge on any atom is -0.338 e. The van der Waals surface area contributed by atoms with Gasteiger partial charge in [0.2, 0.25) is 0 Å². The van der Waals surface area contributed by atoms with Gasteiger partial charge >= 0.3 is 6.03 Å². The van der Waals surface area contributed by atoms with Gasteiger partial charge in [-0.15, -0.1) is 0 Å². The second-order valence-electron chi connectivity index (χ2n) is 5.55. The van der Waals surface area contributed by atoms with Gasteiger partial charge in [0.05, 0.1) is 11.1 Å². The van der Waals surface area contributed by atoms with Crippen molar-refractivity contribution in [3.8, 4) is 0 Å². The normalized spacial score (nSPS) is 12.9. The van der Waals surface area contributed by atoms with E-state index in [4.69, 9.17) is 0 Å². The number of rotatable bonds is 5. The molecule has 1 aliphatic heterocycles. The molecule has 0 saturated heterocycles. The predicted molar refractivity (Wildman–Crippen MR) is 89.8 cm³/mol. The summed E-state index contributed by atoms with van der Waals surface area (Å²) < 4.78 is 12.8. The molecular weight excluding hydrogens is 325 g/mol. The summed E-state index contributed by atoms with van der Waals surface area (Å²) in [4.78, 5) is 37.3. The summed E-state index contributed by atoms with van der Waals surface area (Å²) in [5.74, 6) is -1.00. The molecule has 2 N–H and O–H groups in total. The van der Waals surface area contributed by atoms with Crippen LogP contribution in [-0.2, 0) is 0 Å². The van der Waals surface area contributed by atoms with Gasteiger partial charge in [-0.2, -0.15) is 0 Å². The van der Waals surface area contributed by atoms with Crippen LogP contribution in [0.15, 0.2) is 48.5 Å². The van der Waals surface area contributed by atoms with Crippen molar-refractivity contribution >= 4 is 23.5 Å². The third kappa shape index (κ3) is 3.65. The van der Waals surface area contributed by atoms with E-state index in [0.29, 0.717) is 29.8 Å². The van der Waals surface area contributed by atoms with Crippen molar-refractivity contribution in [2.45, 2.75) is 6.42 Å². The zero-order chi connectivity index (χ0) is 17.8. The van der Waals surface area contributed by atoms with Gasteiger partial charge in [-0.1, -0.05) is 12.1 Å². The van der Waals surface area contributed by atoms with Crippen LogP contribution in [0.4, 0.5) is 14.9 Å². The van der Waals surface area contributed by atoms with Crippen LogP contribution >= 0.6 is 0 Å². The molecule has 2 aromatic carbocycles. The van der Waals surface area contributed by atoms with Gasteiger partial charge in [-0.25, -0.2) is 9.18 Å². The number of fused-ring (bicyclic) bond motifs is 1. The Labute approximate surface area is 143 Å². The molecule has 1 aliphatic rings. The Morgan fingerprint density at radius 3 is 2.16 bits per heavy atom. The van der Waals surface area contributed by atoms with Crippen LogP contribution in [0.2, 0.25) is 0 Å². The third-order valence-corrected chi connectivity index (χ3v) is 3.82. The number of halogens is 1. The second kappa shape index (κ2) is 7.12. The van der Waals surface area contributed by atoms with Crippen molar-refractivity contribution in [2.75, 3.05) is 18.4 Å².